The molecular weight excluding hydrogens is 140 g/mol. The lowest BCUT2D eigenvalue weighted by atomic mass is 10.0. The molecule has 5 nitrogen and oxygen atoms in total. The minimum absolute atomic E-state index is 0.778. The number of aliphatic hydroxyl groups excluding tert-OH is 2. The molecular formula is C5H10O5. The highest BCUT2D eigenvalue weighted by molar-refractivity contribution is 5.77. The highest BCUT2D eigenvalue weighted by atomic mass is 16.4. The number of aliphatic hydroxyl groups is 3. The smallest absolute Gasteiger partial charge is 0.338 e. The Balaban J connectivity index is 4.23. The van der Waals surface area contributed by atoms with E-state index < -0.39 is 24.3 Å². The Kier molecular flexibility index (Phi) is 2.77. The van der Waals surface area contributed by atoms with Crippen LogP contribution in [-0.4, -0.2) is 44.7 Å². The van der Waals surface area contributed by atoms with Crippen LogP contribution in [0.15, 0.2) is 0 Å². The first kappa shape index (κ1) is 9.35. The summed E-state index contributed by atoms with van der Waals surface area (Å²) in [6.07, 6.45) is -1.65. The maximum absolute atomic E-state index is 10.1. The molecule has 0 radical (unpaired) electrons. The Morgan fingerprint density at radius 1 is 1.70 bits per heavy atom. The van der Waals surface area contributed by atoms with E-state index in [0.717, 1.165) is 6.92 Å². The molecule has 0 saturated heterocycles. The van der Waals surface area contributed by atoms with Gasteiger partial charge in [0.05, 0.1) is 6.61 Å². The standard InChI is InChI=1S/C5H10O5/c1-5(10,4(8)9)3(7)2-6/h3,6-7,10H,2H2,1H3,(H,8,9)/t3-,5+/m0/s1. The number of aliphatic carboxylic acids is 1. The topological polar surface area (TPSA) is 98.0 Å². The number of hydrogen-bond donors (Lipinski definition) is 4. The van der Waals surface area contributed by atoms with Gasteiger partial charge in [-0.05, 0) is 6.92 Å². The Labute approximate surface area is 57.5 Å². The molecule has 0 aromatic rings. The van der Waals surface area contributed by atoms with Gasteiger partial charge in [-0.15, -0.1) is 0 Å². The highest BCUT2D eigenvalue weighted by Gasteiger charge is 2.37. The molecule has 0 unspecified atom stereocenters. The van der Waals surface area contributed by atoms with Crippen molar-refractivity contribution in [1.29, 1.82) is 0 Å². The predicted molar refractivity (Wildman–Crippen MR) is 31.4 cm³/mol. The van der Waals surface area contributed by atoms with Crippen molar-refractivity contribution in [1.82, 2.24) is 0 Å². The second kappa shape index (κ2) is 2.96. The maximum atomic E-state index is 10.1. The van der Waals surface area contributed by atoms with Crippen LogP contribution in [0.3, 0.4) is 0 Å². The second-order valence-electron chi connectivity index (χ2n) is 2.15. The lowest BCUT2D eigenvalue weighted by molar-refractivity contribution is -0.171. The van der Waals surface area contributed by atoms with Gasteiger partial charge in [-0.3, -0.25) is 0 Å². The van der Waals surface area contributed by atoms with Crippen molar-refractivity contribution in [3.63, 3.8) is 0 Å². The summed E-state index contributed by atoms with van der Waals surface area (Å²) in [7, 11) is 0. The van der Waals surface area contributed by atoms with E-state index in [1.165, 1.54) is 0 Å². The van der Waals surface area contributed by atoms with Crippen LogP contribution >= 0.6 is 0 Å². The van der Waals surface area contributed by atoms with E-state index in [1.807, 2.05) is 0 Å². The lowest BCUT2D eigenvalue weighted by Gasteiger charge is -2.22. The van der Waals surface area contributed by atoms with Crippen LogP contribution in [0.4, 0.5) is 0 Å². The summed E-state index contributed by atoms with van der Waals surface area (Å²) in [5.41, 5.74) is -2.27. The van der Waals surface area contributed by atoms with Crippen LogP contribution < -0.4 is 0 Å². The quantitative estimate of drug-likeness (QED) is 0.379. The molecule has 0 heterocycles. The average molecular weight is 150 g/mol. The molecule has 2 atom stereocenters. The van der Waals surface area contributed by atoms with E-state index in [9.17, 15) is 4.79 Å². The predicted octanol–water partition coefficient (Wildman–Crippen LogP) is -1.82. The molecule has 5 heteroatoms. The van der Waals surface area contributed by atoms with Crippen molar-refractivity contribution < 1.29 is 25.2 Å². The van der Waals surface area contributed by atoms with Crippen molar-refractivity contribution in [3.05, 3.63) is 0 Å². The van der Waals surface area contributed by atoms with Crippen molar-refractivity contribution in [2.24, 2.45) is 0 Å². The summed E-state index contributed by atoms with van der Waals surface area (Å²) in [5.74, 6) is -1.56. The SMILES string of the molecule is C[C@](O)(C(=O)O)[C@@H](O)CO. The Morgan fingerprint density at radius 2 is 2.10 bits per heavy atom. The van der Waals surface area contributed by atoms with E-state index in [1.54, 1.807) is 0 Å². The number of carboxylic acid groups (broad SMARTS) is 1. The van der Waals surface area contributed by atoms with Gasteiger partial charge in [0.25, 0.3) is 0 Å². The van der Waals surface area contributed by atoms with Crippen LogP contribution in [0.1, 0.15) is 6.92 Å². The summed E-state index contributed by atoms with van der Waals surface area (Å²) in [5, 5.41) is 34.0. The van der Waals surface area contributed by atoms with E-state index in [2.05, 4.69) is 0 Å². The molecule has 0 aliphatic carbocycles. The van der Waals surface area contributed by atoms with E-state index in [0.29, 0.717) is 0 Å². The molecule has 0 aliphatic rings. The normalized spacial score (nSPS) is 19.6. The zero-order valence-corrected chi connectivity index (χ0v) is 5.48. The van der Waals surface area contributed by atoms with Crippen molar-refractivity contribution >= 4 is 5.97 Å². The van der Waals surface area contributed by atoms with Crippen LogP contribution in [0.2, 0.25) is 0 Å². The summed E-state index contributed by atoms with van der Waals surface area (Å²) in [6, 6.07) is 0. The Bertz CT molecular complexity index is 130. The van der Waals surface area contributed by atoms with Crippen molar-refractivity contribution in [3.8, 4) is 0 Å². The second-order valence-corrected chi connectivity index (χ2v) is 2.15. The molecule has 0 rings (SSSR count). The number of carbonyl (C=O) groups is 1. The number of rotatable bonds is 3. The van der Waals surface area contributed by atoms with Gasteiger partial charge in [0, 0.05) is 0 Å². The van der Waals surface area contributed by atoms with Crippen LogP contribution in [0, 0.1) is 0 Å². The monoisotopic (exact) mass is 150 g/mol. The molecule has 0 saturated carbocycles. The van der Waals surface area contributed by atoms with Gasteiger partial charge in [0.15, 0.2) is 5.60 Å². The van der Waals surface area contributed by atoms with Crippen molar-refractivity contribution in [2.75, 3.05) is 6.61 Å². The Hall–Kier alpha value is -0.650. The Morgan fingerprint density at radius 3 is 2.20 bits per heavy atom. The maximum Gasteiger partial charge on any atom is 0.338 e. The largest absolute Gasteiger partial charge is 0.479 e. The van der Waals surface area contributed by atoms with Gasteiger partial charge in [-0.2, -0.15) is 0 Å². The molecule has 0 spiro atoms. The molecule has 60 valence electrons. The zero-order chi connectivity index (χ0) is 8.36. The molecule has 0 aromatic carbocycles. The lowest BCUT2D eigenvalue weighted by Crippen LogP contribution is -2.48. The van der Waals surface area contributed by atoms with Gasteiger partial charge >= 0.3 is 5.97 Å². The third kappa shape index (κ3) is 1.66. The molecule has 0 amide bonds. The van der Waals surface area contributed by atoms with E-state index >= 15 is 0 Å². The molecule has 0 aromatic heterocycles. The summed E-state index contributed by atoms with van der Waals surface area (Å²) in [4.78, 5) is 10.1. The fraction of sp³-hybridized carbons (Fsp3) is 0.800. The van der Waals surface area contributed by atoms with Gasteiger partial charge in [-0.1, -0.05) is 0 Å². The number of carboxylic acids is 1. The first-order valence-electron chi connectivity index (χ1n) is 2.67. The first-order chi connectivity index (χ1) is 4.42. The van der Waals surface area contributed by atoms with Crippen molar-refractivity contribution in [2.45, 2.75) is 18.6 Å². The van der Waals surface area contributed by atoms with E-state index in [-0.39, 0.29) is 0 Å². The molecule has 10 heavy (non-hydrogen) atoms. The molecule has 0 bridgehead atoms. The highest BCUT2D eigenvalue weighted by Crippen LogP contribution is 2.08. The van der Waals surface area contributed by atoms with Gasteiger partial charge in [0.1, 0.15) is 6.10 Å². The summed E-state index contributed by atoms with van der Waals surface area (Å²) in [6.45, 7) is 0.134. The fourth-order valence-electron chi connectivity index (χ4n) is 0.320. The first-order valence-corrected chi connectivity index (χ1v) is 2.67. The molecule has 4 N–H and O–H groups in total. The van der Waals surface area contributed by atoms with Crippen LogP contribution in [0.5, 0.6) is 0 Å². The van der Waals surface area contributed by atoms with E-state index in [4.69, 9.17) is 20.4 Å². The zero-order valence-electron chi connectivity index (χ0n) is 5.48. The minimum Gasteiger partial charge on any atom is -0.479 e. The van der Waals surface area contributed by atoms with Gasteiger partial charge in [0.2, 0.25) is 0 Å². The van der Waals surface area contributed by atoms with Gasteiger partial charge in [-0.25, -0.2) is 4.79 Å². The summed E-state index contributed by atoms with van der Waals surface area (Å²) < 4.78 is 0. The minimum atomic E-state index is -2.27. The fourth-order valence-corrected chi connectivity index (χ4v) is 0.320. The third-order valence-electron chi connectivity index (χ3n) is 1.25. The molecule has 0 fully saturated rings. The van der Waals surface area contributed by atoms with Crippen LogP contribution in [0.25, 0.3) is 0 Å². The third-order valence-corrected chi connectivity index (χ3v) is 1.25. The van der Waals surface area contributed by atoms with Crippen LogP contribution in [-0.2, 0) is 4.79 Å². The van der Waals surface area contributed by atoms with Gasteiger partial charge < -0.3 is 20.4 Å². The number of hydrogen-bond acceptors (Lipinski definition) is 4. The average Bonchev–Trinajstić information content (AvgIpc) is 1.86. The molecule has 0 aliphatic heterocycles. The summed E-state index contributed by atoms with van der Waals surface area (Å²) >= 11 is 0.